The van der Waals surface area contributed by atoms with Gasteiger partial charge in [0.05, 0.1) is 12.1 Å². The average molecular weight is 236 g/mol. The fourth-order valence-corrected chi connectivity index (χ4v) is 1.62. The molecule has 3 heteroatoms. The van der Waals surface area contributed by atoms with Crippen molar-refractivity contribution in [2.24, 2.45) is 0 Å². The zero-order chi connectivity index (χ0) is 12.8. The van der Waals surface area contributed by atoms with E-state index in [1.54, 1.807) is 12.3 Å². The first kappa shape index (κ1) is 11.9. The maximum absolute atomic E-state index is 11.4. The van der Waals surface area contributed by atoms with Gasteiger partial charge in [-0.05, 0) is 12.1 Å². The van der Waals surface area contributed by atoms with Gasteiger partial charge in [0.2, 0.25) is 5.91 Å². The smallest absolute Gasteiger partial charge is 0.244 e. The molecule has 0 bridgehead atoms. The van der Waals surface area contributed by atoms with Crippen LogP contribution in [0.3, 0.4) is 0 Å². The van der Waals surface area contributed by atoms with Crippen molar-refractivity contribution in [3.05, 3.63) is 48.2 Å². The lowest BCUT2D eigenvalue weighted by Crippen LogP contribution is -2.20. The molecule has 0 aliphatic heterocycles. The van der Waals surface area contributed by atoms with Crippen LogP contribution < -0.4 is 5.32 Å². The second-order valence-electron chi connectivity index (χ2n) is 3.68. The van der Waals surface area contributed by atoms with E-state index in [9.17, 15) is 4.79 Å². The van der Waals surface area contributed by atoms with Gasteiger partial charge in [0.1, 0.15) is 0 Å². The van der Waals surface area contributed by atoms with Gasteiger partial charge < -0.3 is 5.32 Å². The van der Waals surface area contributed by atoms with Crippen LogP contribution in [0.4, 0.5) is 0 Å². The number of carbonyl (C=O) groups excluding carboxylic acids is 1. The lowest BCUT2D eigenvalue weighted by molar-refractivity contribution is -0.116. The van der Waals surface area contributed by atoms with Crippen LogP contribution in [-0.4, -0.2) is 17.4 Å². The van der Waals surface area contributed by atoms with Gasteiger partial charge in [-0.2, -0.15) is 0 Å². The zero-order valence-electron chi connectivity index (χ0n) is 9.76. The molecule has 0 atom stereocenters. The summed E-state index contributed by atoms with van der Waals surface area (Å²) < 4.78 is 0. The van der Waals surface area contributed by atoms with Crippen molar-refractivity contribution < 1.29 is 4.79 Å². The first-order chi connectivity index (χ1) is 8.81. The molecule has 88 valence electrons. The van der Waals surface area contributed by atoms with E-state index in [-0.39, 0.29) is 12.5 Å². The van der Waals surface area contributed by atoms with Gasteiger partial charge in [-0.3, -0.25) is 9.78 Å². The number of hydrogen-bond donors (Lipinski definition) is 1. The van der Waals surface area contributed by atoms with Gasteiger partial charge in [-0.15, -0.1) is 6.42 Å². The third kappa shape index (κ3) is 2.74. The number of terminal acetylenes is 1. The number of carbonyl (C=O) groups is 1. The molecule has 0 unspecified atom stereocenters. The van der Waals surface area contributed by atoms with E-state index in [2.05, 4.69) is 16.2 Å². The Labute approximate surface area is 106 Å². The van der Waals surface area contributed by atoms with Gasteiger partial charge in [0, 0.05) is 23.2 Å². The Balaban J connectivity index is 2.24. The third-order valence-electron chi connectivity index (χ3n) is 2.44. The van der Waals surface area contributed by atoms with E-state index in [0.717, 1.165) is 16.5 Å². The van der Waals surface area contributed by atoms with E-state index in [0.29, 0.717) is 0 Å². The van der Waals surface area contributed by atoms with Crippen LogP contribution in [0.2, 0.25) is 0 Å². The number of pyridine rings is 1. The molecule has 2 rings (SSSR count). The van der Waals surface area contributed by atoms with E-state index in [1.165, 1.54) is 6.08 Å². The Morgan fingerprint density at radius 3 is 3.06 bits per heavy atom. The number of fused-ring (bicyclic) bond motifs is 1. The molecule has 0 radical (unpaired) electrons. The number of hydrogen-bond acceptors (Lipinski definition) is 2. The van der Waals surface area contributed by atoms with Crippen LogP contribution in [0.15, 0.2) is 42.6 Å². The van der Waals surface area contributed by atoms with E-state index >= 15 is 0 Å². The summed E-state index contributed by atoms with van der Waals surface area (Å²) in [5.41, 5.74) is 1.78. The molecule has 1 amide bonds. The number of nitrogens with zero attached hydrogens (tertiary/aromatic N) is 1. The fourth-order valence-electron chi connectivity index (χ4n) is 1.62. The molecule has 3 nitrogen and oxygen atoms in total. The summed E-state index contributed by atoms with van der Waals surface area (Å²) in [5, 5.41) is 3.61. The highest BCUT2D eigenvalue weighted by molar-refractivity contribution is 5.95. The van der Waals surface area contributed by atoms with Gasteiger partial charge in [-0.25, -0.2) is 0 Å². The highest BCUT2D eigenvalue weighted by Crippen LogP contribution is 2.16. The van der Waals surface area contributed by atoms with Crippen LogP contribution >= 0.6 is 0 Å². The first-order valence-corrected chi connectivity index (χ1v) is 5.54. The van der Waals surface area contributed by atoms with E-state index < -0.39 is 0 Å². The second-order valence-corrected chi connectivity index (χ2v) is 3.68. The Morgan fingerprint density at radius 1 is 1.39 bits per heavy atom. The molecule has 0 spiro atoms. The summed E-state index contributed by atoms with van der Waals surface area (Å²) in [6, 6.07) is 9.70. The summed E-state index contributed by atoms with van der Waals surface area (Å²) >= 11 is 0. The first-order valence-electron chi connectivity index (χ1n) is 5.54. The van der Waals surface area contributed by atoms with Gasteiger partial charge in [0.25, 0.3) is 0 Å². The van der Waals surface area contributed by atoms with Crippen LogP contribution in [0.1, 0.15) is 5.56 Å². The predicted octanol–water partition coefficient (Wildman–Crippen LogP) is 2.00. The van der Waals surface area contributed by atoms with Crippen molar-refractivity contribution >= 4 is 22.9 Å². The normalized spacial score (nSPS) is 10.4. The highest BCUT2D eigenvalue weighted by atomic mass is 16.1. The number of para-hydroxylation sites is 1. The summed E-state index contributed by atoms with van der Waals surface area (Å²) in [5.74, 6) is 2.14. The van der Waals surface area contributed by atoms with Gasteiger partial charge in [0.15, 0.2) is 0 Å². The Hall–Kier alpha value is -2.60. The Morgan fingerprint density at radius 2 is 2.22 bits per heavy atom. The predicted molar refractivity (Wildman–Crippen MR) is 72.6 cm³/mol. The third-order valence-corrected chi connectivity index (χ3v) is 2.44. The molecule has 2 aromatic rings. The topological polar surface area (TPSA) is 42.0 Å². The number of rotatable bonds is 3. The molecular formula is C15H12N2O. The standard InChI is InChI=1S/C15H12N2O/c1-2-10-16-14(18)9-8-13-6-3-5-12-7-4-11-17-15(12)13/h1,3-9,11H,10H2,(H,16,18)/b9-8+. The molecule has 0 fully saturated rings. The molecular weight excluding hydrogens is 224 g/mol. The second kappa shape index (κ2) is 5.65. The molecule has 0 aliphatic rings. The molecule has 1 heterocycles. The van der Waals surface area contributed by atoms with Crippen molar-refractivity contribution in [1.29, 1.82) is 0 Å². The fraction of sp³-hybridized carbons (Fsp3) is 0.0667. The molecule has 1 aromatic heterocycles. The minimum atomic E-state index is -0.208. The summed E-state index contributed by atoms with van der Waals surface area (Å²) in [6.07, 6.45) is 9.99. The maximum atomic E-state index is 11.4. The molecule has 1 aromatic carbocycles. The van der Waals surface area contributed by atoms with Crippen molar-refractivity contribution in [1.82, 2.24) is 10.3 Å². The molecule has 1 N–H and O–H groups in total. The minimum Gasteiger partial charge on any atom is -0.342 e. The van der Waals surface area contributed by atoms with Crippen LogP contribution in [0.25, 0.3) is 17.0 Å². The summed E-state index contributed by atoms with van der Waals surface area (Å²) in [4.78, 5) is 15.7. The van der Waals surface area contributed by atoms with Crippen LogP contribution in [0, 0.1) is 12.3 Å². The van der Waals surface area contributed by atoms with Crippen LogP contribution in [-0.2, 0) is 4.79 Å². The van der Waals surface area contributed by atoms with Crippen molar-refractivity contribution in [3.63, 3.8) is 0 Å². The Kier molecular flexibility index (Phi) is 3.72. The lowest BCUT2D eigenvalue weighted by atomic mass is 10.1. The number of benzene rings is 1. The van der Waals surface area contributed by atoms with E-state index in [1.807, 2.05) is 30.3 Å². The quantitative estimate of drug-likeness (QED) is 0.654. The summed E-state index contributed by atoms with van der Waals surface area (Å²) in [7, 11) is 0. The minimum absolute atomic E-state index is 0.208. The Bertz CT molecular complexity index is 633. The number of nitrogens with one attached hydrogen (secondary N) is 1. The summed E-state index contributed by atoms with van der Waals surface area (Å²) in [6.45, 7) is 0.233. The average Bonchev–Trinajstić information content (AvgIpc) is 2.42. The molecule has 0 aliphatic carbocycles. The molecule has 0 saturated carbocycles. The van der Waals surface area contributed by atoms with Crippen molar-refractivity contribution in [3.8, 4) is 12.3 Å². The van der Waals surface area contributed by atoms with Crippen molar-refractivity contribution in [2.45, 2.75) is 0 Å². The van der Waals surface area contributed by atoms with Gasteiger partial charge in [-0.1, -0.05) is 30.2 Å². The van der Waals surface area contributed by atoms with Crippen molar-refractivity contribution in [2.75, 3.05) is 6.54 Å². The lowest BCUT2D eigenvalue weighted by Gasteiger charge is -2.00. The molecule has 18 heavy (non-hydrogen) atoms. The monoisotopic (exact) mass is 236 g/mol. The maximum Gasteiger partial charge on any atom is 0.244 e. The molecule has 0 saturated heterocycles. The number of aromatic nitrogens is 1. The largest absolute Gasteiger partial charge is 0.342 e. The number of amides is 1. The highest BCUT2D eigenvalue weighted by Gasteiger charge is 1.99. The van der Waals surface area contributed by atoms with E-state index in [4.69, 9.17) is 6.42 Å². The zero-order valence-corrected chi connectivity index (χ0v) is 9.76. The SMILES string of the molecule is C#CCNC(=O)/C=C/c1cccc2cccnc12. The van der Waals surface area contributed by atoms with Crippen LogP contribution in [0.5, 0.6) is 0 Å². The van der Waals surface area contributed by atoms with Gasteiger partial charge >= 0.3 is 0 Å².